The van der Waals surface area contributed by atoms with Crippen LogP contribution in [0, 0.1) is 5.41 Å². The van der Waals surface area contributed by atoms with Crippen molar-refractivity contribution in [3.8, 4) is 0 Å². The average Bonchev–Trinajstić information content (AvgIpc) is 2.29. The first kappa shape index (κ1) is 14.5. The molecule has 1 fully saturated rings. The molecule has 0 spiro atoms. The van der Waals surface area contributed by atoms with Crippen LogP contribution in [0.2, 0.25) is 0 Å². The van der Waals surface area contributed by atoms with Crippen LogP contribution >= 0.6 is 0 Å². The molecule has 1 amide bonds. The highest BCUT2D eigenvalue weighted by Crippen LogP contribution is 2.21. The van der Waals surface area contributed by atoms with Crippen LogP contribution in [0.25, 0.3) is 0 Å². The molecule has 0 saturated carbocycles. The van der Waals surface area contributed by atoms with Crippen LogP contribution in [-0.4, -0.2) is 38.3 Å². The molecule has 4 nitrogen and oxygen atoms in total. The molecule has 2 atom stereocenters. The van der Waals surface area contributed by atoms with Crippen LogP contribution in [0.1, 0.15) is 40.0 Å². The van der Waals surface area contributed by atoms with Crippen LogP contribution in [0.5, 0.6) is 0 Å². The van der Waals surface area contributed by atoms with Crippen LogP contribution < -0.4 is 10.6 Å². The molecule has 100 valence electrons. The summed E-state index contributed by atoms with van der Waals surface area (Å²) in [5.74, 6) is 0.107. The van der Waals surface area contributed by atoms with E-state index < -0.39 is 0 Å². The number of hydrogen-bond donors (Lipinski definition) is 2. The summed E-state index contributed by atoms with van der Waals surface area (Å²) < 4.78 is 5.42. The smallest absolute Gasteiger partial charge is 0.237 e. The summed E-state index contributed by atoms with van der Waals surface area (Å²) in [5, 5.41) is 6.23. The fourth-order valence-electron chi connectivity index (χ4n) is 2.14. The second-order valence-electron chi connectivity index (χ2n) is 5.84. The summed E-state index contributed by atoms with van der Waals surface area (Å²) in [6.45, 7) is 7.88. The van der Waals surface area contributed by atoms with E-state index in [2.05, 4.69) is 31.4 Å². The molecule has 4 heteroatoms. The zero-order valence-electron chi connectivity index (χ0n) is 11.5. The van der Waals surface area contributed by atoms with Crippen molar-refractivity contribution in [2.24, 2.45) is 5.41 Å². The minimum absolute atomic E-state index is 0.0128. The lowest BCUT2D eigenvalue weighted by molar-refractivity contribution is -0.124. The van der Waals surface area contributed by atoms with Gasteiger partial charge in [-0.2, -0.15) is 0 Å². The van der Waals surface area contributed by atoms with Crippen molar-refractivity contribution in [1.82, 2.24) is 10.6 Å². The minimum atomic E-state index is -0.0128. The fourth-order valence-corrected chi connectivity index (χ4v) is 2.14. The van der Waals surface area contributed by atoms with Gasteiger partial charge in [0, 0.05) is 13.7 Å². The van der Waals surface area contributed by atoms with Crippen LogP contribution in [0.15, 0.2) is 0 Å². The quantitative estimate of drug-likeness (QED) is 0.781. The molecule has 0 aromatic carbocycles. The Morgan fingerprint density at radius 2 is 2.18 bits per heavy atom. The third-order valence-corrected chi connectivity index (χ3v) is 3.34. The molecule has 0 aromatic rings. The van der Waals surface area contributed by atoms with E-state index in [0.29, 0.717) is 6.54 Å². The Balaban J connectivity index is 2.35. The largest absolute Gasteiger partial charge is 0.379 e. The van der Waals surface area contributed by atoms with E-state index in [0.717, 1.165) is 19.4 Å². The van der Waals surface area contributed by atoms with Crippen molar-refractivity contribution in [1.29, 1.82) is 0 Å². The Hall–Kier alpha value is -0.610. The number of piperidine rings is 1. The molecule has 0 aromatic heterocycles. The summed E-state index contributed by atoms with van der Waals surface area (Å²) in [6.07, 6.45) is 3.30. The molecule has 0 radical (unpaired) electrons. The molecule has 17 heavy (non-hydrogen) atoms. The maximum atomic E-state index is 11.9. The van der Waals surface area contributed by atoms with Crippen molar-refractivity contribution in [3.63, 3.8) is 0 Å². The number of ether oxygens (including phenoxy) is 1. The lowest BCUT2D eigenvalue weighted by atomic mass is 9.89. The topological polar surface area (TPSA) is 50.4 Å². The molecular weight excluding hydrogens is 216 g/mol. The summed E-state index contributed by atoms with van der Waals surface area (Å²) >= 11 is 0. The molecular formula is C13H26N2O2. The summed E-state index contributed by atoms with van der Waals surface area (Å²) in [6, 6.07) is -0.0128. The highest BCUT2D eigenvalue weighted by atomic mass is 16.5. The van der Waals surface area contributed by atoms with Crippen molar-refractivity contribution in [3.05, 3.63) is 0 Å². The van der Waals surface area contributed by atoms with E-state index in [1.807, 2.05) is 0 Å². The molecule has 0 aliphatic carbocycles. The third kappa shape index (κ3) is 4.64. The first-order valence-electron chi connectivity index (χ1n) is 6.49. The van der Waals surface area contributed by atoms with Gasteiger partial charge in [0.1, 0.15) is 0 Å². The number of amides is 1. The SMILES string of the molecule is COC(CNC(=O)C1CCCCN1)C(C)(C)C. The van der Waals surface area contributed by atoms with Gasteiger partial charge in [-0.15, -0.1) is 0 Å². The molecule has 1 rings (SSSR count). The van der Waals surface area contributed by atoms with Gasteiger partial charge in [0.2, 0.25) is 5.91 Å². The Morgan fingerprint density at radius 1 is 1.47 bits per heavy atom. The van der Waals surface area contributed by atoms with Crippen LogP contribution in [0.4, 0.5) is 0 Å². The van der Waals surface area contributed by atoms with E-state index in [-0.39, 0.29) is 23.5 Å². The summed E-state index contributed by atoms with van der Waals surface area (Å²) in [7, 11) is 1.70. The van der Waals surface area contributed by atoms with Gasteiger partial charge < -0.3 is 15.4 Å². The Kier molecular flexibility index (Phi) is 5.40. The number of hydrogen-bond acceptors (Lipinski definition) is 3. The van der Waals surface area contributed by atoms with E-state index in [4.69, 9.17) is 4.74 Å². The second kappa shape index (κ2) is 6.36. The number of carbonyl (C=O) groups is 1. The predicted octanol–water partition coefficient (Wildman–Crippen LogP) is 1.31. The van der Waals surface area contributed by atoms with Gasteiger partial charge in [0.05, 0.1) is 12.1 Å². The minimum Gasteiger partial charge on any atom is -0.379 e. The number of nitrogens with one attached hydrogen (secondary N) is 2. The highest BCUT2D eigenvalue weighted by Gasteiger charge is 2.26. The van der Waals surface area contributed by atoms with Crippen LogP contribution in [0.3, 0.4) is 0 Å². The molecule has 2 N–H and O–H groups in total. The highest BCUT2D eigenvalue weighted by molar-refractivity contribution is 5.81. The zero-order chi connectivity index (χ0) is 12.9. The first-order chi connectivity index (χ1) is 7.95. The summed E-state index contributed by atoms with van der Waals surface area (Å²) in [4.78, 5) is 11.9. The van der Waals surface area contributed by atoms with Gasteiger partial charge in [0.25, 0.3) is 0 Å². The number of rotatable bonds is 4. The van der Waals surface area contributed by atoms with Gasteiger partial charge in [-0.25, -0.2) is 0 Å². The zero-order valence-corrected chi connectivity index (χ0v) is 11.5. The van der Waals surface area contributed by atoms with E-state index >= 15 is 0 Å². The van der Waals surface area contributed by atoms with Crippen molar-refractivity contribution in [2.75, 3.05) is 20.2 Å². The average molecular weight is 242 g/mol. The maximum Gasteiger partial charge on any atom is 0.237 e. The lowest BCUT2D eigenvalue weighted by Crippen LogP contribution is -2.49. The first-order valence-corrected chi connectivity index (χ1v) is 6.49. The maximum absolute atomic E-state index is 11.9. The molecule has 2 unspecified atom stereocenters. The monoisotopic (exact) mass is 242 g/mol. The number of carbonyl (C=O) groups excluding carboxylic acids is 1. The van der Waals surface area contributed by atoms with E-state index in [1.54, 1.807) is 7.11 Å². The third-order valence-electron chi connectivity index (χ3n) is 3.34. The van der Waals surface area contributed by atoms with Gasteiger partial charge in [-0.3, -0.25) is 4.79 Å². The molecule has 1 heterocycles. The fraction of sp³-hybridized carbons (Fsp3) is 0.923. The normalized spacial score (nSPS) is 23.2. The van der Waals surface area contributed by atoms with Crippen LogP contribution in [-0.2, 0) is 9.53 Å². The van der Waals surface area contributed by atoms with Gasteiger partial charge in [0.15, 0.2) is 0 Å². The van der Waals surface area contributed by atoms with E-state index in [9.17, 15) is 4.79 Å². The lowest BCUT2D eigenvalue weighted by Gasteiger charge is -2.30. The standard InChI is InChI=1S/C13H26N2O2/c1-13(2,3)11(17-4)9-15-12(16)10-7-5-6-8-14-10/h10-11,14H,5-9H2,1-4H3,(H,15,16). The van der Waals surface area contributed by atoms with Crippen molar-refractivity contribution in [2.45, 2.75) is 52.2 Å². The molecule has 1 saturated heterocycles. The molecule has 1 aliphatic heterocycles. The van der Waals surface area contributed by atoms with Crippen molar-refractivity contribution >= 4 is 5.91 Å². The van der Waals surface area contributed by atoms with Crippen molar-refractivity contribution < 1.29 is 9.53 Å². The Labute approximate surface area is 104 Å². The predicted molar refractivity (Wildman–Crippen MR) is 68.9 cm³/mol. The summed E-state index contributed by atoms with van der Waals surface area (Å²) in [5.41, 5.74) is 0.0437. The van der Waals surface area contributed by atoms with Gasteiger partial charge in [-0.1, -0.05) is 27.2 Å². The molecule has 0 bridgehead atoms. The Bertz CT molecular complexity index is 242. The number of methoxy groups -OCH3 is 1. The molecule has 1 aliphatic rings. The Morgan fingerprint density at radius 3 is 2.65 bits per heavy atom. The van der Waals surface area contributed by atoms with Gasteiger partial charge >= 0.3 is 0 Å². The van der Waals surface area contributed by atoms with E-state index in [1.165, 1.54) is 6.42 Å². The second-order valence-corrected chi connectivity index (χ2v) is 5.84. The van der Waals surface area contributed by atoms with Gasteiger partial charge in [-0.05, 0) is 24.8 Å².